The van der Waals surface area contributed by atoms with Crippen LogP contribution in [0.25, 0.3) is 10.1 Å². The Bertz CT molecular complexity index is 444. The summed E-state index contributed by atoms with van der Waals surface area (Å²) in [6, 6.07) is 11.1. The van der Waals surface area contributed by atoms with Crippen molar-refractivity contribution in [1.29, 1.82) is 0 Å². The summed E-state index contributed by atoms with van der Waals surface area (Å²) >= 11 is 1.98. The van der Waals surface area contributed by atoms with Crippen LogP contribution in [0.1, 0.15) is 43.4 Å². The van der Waals surface area contributed by atoms with Crippen LogP contribution in [0.2, 0.25) is 0 Å². The van der Waals surface area contributed by atoms with E-state index in [2.05, 4.69) is 30.3 Å². The lowest BCUT2D eigenvalue weighted by Crippen LogP contribution is -1.93. The van der Waals surface area contributed by atoms with Crippen molar-refractivity contribution in [2.45, 2.75) is 44.9 Å². The summed E-state index contributed by atoms with van der Waals surface area (Å²) in [5.74, 6) is 1.05. The molecule has 3 rings (SSSR count). The van der Waals surface area contributed by atoms with Crippen LogP contribution in [0.5, 0.6) is 0 Å². The minimum absolute atomic E-state index is 1.05. The van der Waals surface area contributed by atoms with Crippen LogP contribution in [0.3, 0.4) is 0 Å². The fourth-order valence-electron chi connectivity index (χ4n) is 3.02. The molecule has 17 heavy (non-hydrogen) atoms. The molecule has 0 amide bonds. The Labute approximate surface area is 108 Å². The highest BCUT2D eigenvalue weighted by Crippen LogP contribution is 2.31. The van der Waals surface area contributed by atoms with Gasteiger partial charge in [0.2, 0.25) is 0 Å². The predicted octanol–water partition coefficient (Wildman–Crippen LogP) is 5.41. The zero-order chi connectivity index (χ0) is 11.5. The third-order valence-electron chi connectivity index (χ3n) is 3.99. The lowest BCUT2D eigenvalue weighted by Gasteiger charge is -2.06. The minimum atomic E-state index is 1.05. The van der Waals surface area contributed by atoms with E-state index in [1.54, 1.807) is 4.88 Å². The molecule has 1 saturated carbocycles. The zero-order valence-electron chi connectivity index (χ0n) is 10.3. The molecule has 0 nitrogen and oxygen atoms in total. The lowest BCUT2D eigenvalue weighted by atomic mass is 10.0. The molecule has 0 N–H and O–H groups in total. The maximum Gasteiger partial charge on any atom is 0.0345 e. The summed E-state index contributed by atoms with van der Waals surface area (Å²) in [6.07, 6.45) is 10.1. The summed E-state index contributed by atoms with van der Waals surface area (Å²) < 4.78 is 1.45. The van der Waals surface area contributed by atoms with Gasteiger partial charge in [0.05, 0.1) is 0 Å². The van der Waals surface area contributed by atoms with E-state index in [9.17, 15) is 0 Å². The van der Waals surface area contributed by atoms with Gasteiger partial charge in [0.15, 0.2) is 0 Å². The molecular formula is C16H20S. The first kappa shape index (κ1) is 11.3. The van der Waals surface area contributed by atoms with Crippen molar-refractivity contribution in [3.8, 4) is 0 Å². The molecule has 0 bridgehead atoms. The van der Waals surface area contributed by atoms with Gasteiger partial charge < -0.3 is 0 Å². The van der Waals surface area contributed by atoms with E-state index in [0.29, 0.717) is 0 Å². The first-order valence-electron chi connectivity index (χ1n) is 6.89. The molecule has 1 fully saturated rings. The number of fused-ring (bicyclic) bond motifs is 1. The summed E-state index contributed by atoms with van der Waals surface area (Å²) in [7, 11) is 0. The Morgan fingerprint density at radius 3 is 2.76 bits per heavy atom. The molecule has 0 unspecified atom stereocenters. The van der Waals surface area contributed by atoms with Crippen molar-refractivity contribution >= 4 is 21.4 Å². The van der Waals surface area contributed by atoms with Crippen LogP contribution in [-0.4, -0.2) is 0 Å². The third kappa shape index (κ3) is 2.71. The van der Waals surface area contributed by atoms with Gasteiger partial charge in [0.1, 0.15) is 0 Å². The van der Waals surface area contributed by atoms with Crippen molar-refractivity contribution in [3.63, 3.8) is 0 Å². The second-order valence-electron chi connectivity index (χ2n) is 5.29. The van der Waals surface area contributed by atoms with Crippen LogP contribution >= 0.6 is 11.3 Å². The molecule has 0 spiro atoms. The number of hydrogen-bond donors (Lipinski definition) is 0. The molecule has 2 aromatic rings. The average molecular weight is 244 g/mol. The van der Waals surface area contributed by atoms with Crippen molar-refractivity contribution < 1.29 is 0 Å². The number of rotatable bonds is 4. The molecule has 1 heterocycles. The van der Waals surface area contributed by atoms with Gasteiger partial charge in [-0.05, 0) is 36.3 Å². The molecule has 1 aliphatic rings. The zero-order valence-corrected chi connectivity index (χ0v) is 11.1. The SMILES string of the molecule is c1ccc2sc(CCCC3CCCC3)cc2c1. The van der Waals surface area contributed by atoms with Crippen LogP contribution in [-0.2, 0) is 6.42 Å². The van der Waals surface area contributed by atoms with E-state index >= 15 is 0 Å². The quantitative estimate of drug-likeness (QED) is 0.674. The van der Waals surface area contributed by atoms with E-state index in [-0.39, 0.29) is 0 Å². The van der Waals surface area contributed by atoms with Crippen molar-refractivity contribution in [2.75, 3.05) is 0 Å². The van der Waals surface area contributed by atoms with Gasteiger partial charge in [-0.25, -0.2) is 0 Å². The minimum Gasteiger partial charge on any atom is -0.140 e. The van der Waals surface area contributed by atoms with E-state index in [1.165, 1.54) is 55.0 Å². The number of aryl methyl sites for hydroxylation is 1. The normalized spacial score (nSPS) is 16.9. The molecule has 1 aliphatic carbocycles. The van der Waals surface area contributed by atoms with Crippen LogP contribution in [0.15, 0.2) is 30.3 Å². The van der Waals surface area contributed by atoms with E-state index in [4.69, 9.17) is 0 Å². The number of thiophene rings is 1. The standard InChI is InChI=1S/C16H20S/c1-2-7-13(6-1)8-5-10-15-12-14-9-3-4-11-16(14)17-15/h3-4,9,11-13H,1-2,5-8,10H2. The van der Waals surface area contributed by atoms with Crippen molar-refractivity contribution in [1.82, 2.24) is 0 Å². The number of benzene rings is 1. The molecule has 0 aliphatic heterocycles. The second-order valence-corrected chi connectivity index (χ2v) is 6.46. The van der Waals surface area contributed by atoms with Gasteiger partial charge in [0, 0.05) is 9.58 Å². The number of hydrogen-bond acceptors (Lipinski definition) is 1. The Balaban J connectivity index is 1.57. The molecule has 0 atom stereocenters. The van der Waals surface area contributed by atoms with E-state index in [1.807, 2.05) is 11.3 Å². The van der Waals surface area contributed by atoms with E-state index < -0.39 is 0 Å². The molecule has 0 radical (unpaired) electrons. The Morgan fingerprint density at radius 2 is 1.94 bits per heavy atom. The summed E-state index contributed by atoms with van der Waals surface area (Å²) in [6.45, 7) is 0. The highest BCUT2D eigenvalue weighted by Gasteiger charge is 2.14. The van der Waals surface area contributed by atoms with Crippen molar-refractivity contribution in [2.24, 2.45) is 5.92 Å². The van der Waals surface area contributed by atoms with Gasteiger partial charge in [-0.3, -0.25) is 0 Å². The Kier molecular flexibility index (Phi) is 3.46. The predicted molar refractivity (Wildman–Crippen MR) is 76.7 cm³/mol. The average Bonchev–Trinajstić information content (AvgIpc) is 2.96. The first-order valence-corrected chi connectivity index (χ1v) is 7.71. The Morgan fingerprint density at radius 1 is 1.12 bits per heavy atom. The van der Waals surface area contributed by atoms with Gasteiger partial charge in [-0.15, -0.1) is 11.3 Å². The second kappa shape index (κ2) is 5.22. The summed E-state index contributed by atoms with van der Waals surface area (Å²) in [4.78, 5) is 1.57. The smallest absolute Gasteiger partial charge is 0.0345 e. The fourth-order valence-corrected chi connectivity index (χ4v) is 4.13. The van der Waals surface area contributed by atoms with Gasteiger partial charge in [0.25, 0.3) is 0 Å². The highest BCUT2D eigenvalue weighted by molar-refractivity contribution is 7.19. The molecule has 0 saturated heterocycles. The molecular weight excluding hydrogens is 224 g/mol. The summed E-state index contributed by atoms with van der Waals surface area (Å²) in [5.41, 5.74) is 0. The maximum absolute atomic E-state index is 2.38. The Hall–Kier alpha value is -0.820. The molecule has 1 heteroatoms. The molecule has 1 aromatic heterocycles. The lowest BCUT2D eigenvalue weighted by molar-refractivity contribution is 0.485. The topological polar surface area (TPSA) is 0 Å². The van der Waals surface area contributed by atoms with Crippen LogP contribution < -0.4 is 0 Å². The van der Waals surface area contributed by atoms with Gasteiger partial charge in [-0.1, -0.05) is 50.3 Å². The fraction of sp³-hybridized carbons (Fsp3) is 0.500. The molecule has 1 aromatic carbocycles. The van der Waals surface area contributed by atoms with Crippen molar-refractivity contribution in [3.05, 3.63) is 35.2 Å². The van der Waals surface area contributed by atoms with Gasteiger partial charge in [-0.2, -0.15) is 0 Å². The summed E-state index contributed by atoms with van der Waals surface area (Å²) in [5, 5.41) is 1.42. The third-order valence-corrected chi connectivity index (χ3v) is 5.16. The first-order chi connectivity index (χ1) is 8.42. The van der Waals surface area contributed by atoms with Crippen LogP contribution in [0, 0.1) is 5.92 Å². The largest absolute Gasteiger partial charge is 0.140 e. The maximum atomic E-state index is 2.38. The highest BCUT2D eigenvalue weighted by atomic mass is 32.1. The van der Waals surface area contributed by atoms with E-state index in [0.717, 1.165) is 5.92 Å². The monoisotopic (exact) mass is 244 g/mol. The molecule has 90 valence electrons. The van der Waals surface area contributed by atoms with Gasteiger partial charge >= 0.3 is 0 Å². The van der Waals surface area contributed by atoms with Crippen LogP contribution in [0.4, 0.5) is 0 Å².